The van der Waals surface area contributed by atoms with Gasteiger partial charge >= 0.3 is 6.09 Å². The molecule has 0 saturated heterocycles. The average Bonchev–Trinajstić information content (AvgIpc) is 2.28. The van der Waals surface area contributed by atoms with Gasteiger partial charge in [0.15, 0.2) is 0 Å². The van der Waals surface area contributed by atoms with Gasteiger partial charge in [0.05, 0.1) is 7.11 Å². The van der Waals surface area contributed by atoms with Crippen LogP contribution in [-0.4, -0.2) is 13.2 Å². The largest absolute Gasteiger partial charge is 0.453 e. The van der Waals surface area contributed by atoms with Crippen molar-refractivity contribution >= 4 is 11.8 Å². The van der Waals surface area contributed by atoms with Gasteiger partial charge in [-0.2, -0.15) is 0 Å². The molecule has 0 bridgehead atoms. The predicted molar refractivity (Wildman–Crippen MR) is 64.5 cm³/mol. The SMILES string of the molecule is COC(=O)Nc1cc(CN)cc(C(C)C)c1. The van der Waals surface area contributed by atoms with Gasteiger partial charge in [-0.1, -0.05) is 19.9 Å². The summed E-state index contributed by atoms with van der Waals surface area (Å²) in [7, 11) is 1.34. The number of benzene rings is 1. The summed E-state index contributed by atoms with van der Waals surface area (Å²) in [4.78, 5) is 11.1. The molecule has 0 spiro atoms. The second-order valence-corrected chi connectivity index (χ2v) is 3.94. The molecule has 0 aliphatic heterocycles. The third kappa shape index (κ3) is 3.24. The van der Waals surface area contributed by atoms with Crippen molar-refractivity contribution in [1.82, 2.24) is 0 Å². The topological polar surface area (TPSA) is 64.3 Å². The Bertz CT molecular complexity index is 375. The number of nitrogens with two attached hydrogens (primary N) is 1. The van der Waals surface area contributed by atoms with Gasteiger partial charge in [-0.05, 0) is 29.2 Å². The minimum Gasteiger partial charge on any atom is -0.453 e. The number of hydrogen-bond donors (Lipinski definition) is 2. The highest BCUT2D eigenvalue weighted by molar-refractivity contribution is 5.84. The van der Waals surface area contributed by atoms with Crippen LogP contribution in [0.2, 0.25) is 0 Å². The molecular weight excluding hydrogens is 204 g/mol. The molecule has 0 aliphatic carbocycles. The number of carbonyl (C=O) groups is 1. The molecule has 4 nitrogen and oxygen atoms in total. The molecule has 0 heterocycles. The van der Waals surface area contributed by atoms with E-state index >= 15 is 0 Å². The summed E-state index contributed by atoms with van der Waals surface area (Å²) in [6.07, 6.45) is -0.469. The van der Waals surface area contributed by atoms with E-state index in [4.69, 9.17) is 5.73 Å². The zero-order chi connectivity index (χ0) is 12.1. The fraction of sp³-hybridized carbons (Fsp3) is 0.417. The van der Waals surface area contributed by atoms with E-state index in [1.807, 2.05) is 18.2 Å². The molecule has 0 aromatic heterocycles. The van der Waals surface area contributed by atoms with Crippen molar-refractivity contribution < 1.29 is 9.53 Å². The monoisotopic (exact) mass is 222 g/mol. The summed E-state index contributed by atoms with van der Waals surface area (Å²) in [5, 5.41) is 2.64. The van der Waals surface area contributed by atoms with Gasteiger partial charge in [0.25, 0.3) is 0 Å². The van der Waals surface area contributed by atoms with Crippen LogP contribution in [0.3, 0.4) is 0 Å². The molecule has 0 radical (unpaired) electrons. The van der Waals surface area contributed by atoms with Crippen LogP contribution < -0.4 is 11.1 Å². The van der Waals surface area contributed by atoms with Crippen molar-refractivity contribution in [3.05, 3.63) is 29.3 Å². The maximum absolute atomic E-state index is 11.1. The normalized spacial score (nSPS) is 10.3. The van der Waals surface area contributed by atoms with E-state index in [9.17, 15) is 4.79 Å². The highest BCUT2D eigenvalue weighted by atomic mass is 16.5. The van der Waals surface area contributed by atoms with Crippen molar-refractivity contribution in [3.63, 3.8) is 0 Å². The second-order valence-electron chi connectivity index (χ2n) is 3.94. The number of methoxy groups -OCH3 is 1. The fourth-order valence-corrected chi connectivity index (χ4v) is 1.41. The average molecular weight is 222 g/mol. The molecule has 3 N–H and O–H groups in total. The minimum absolute atomic E-state index is 0.393. The van der Waals surface area contributed by atoms with Crippen molar-refractivity contribution in [3.8, 4) is 0 Å². The molecule has 1 rings (SSSR count). The molecule has 0 atom stereocenters. The Morgan fingerprint density at radius 2 is 2.12 bits per heavy atom. The summed E-state index contributed by atoms with van der Waals surface area (Å²) < 4.78 is 4.55. The van der Waals surface area contributed by atoms with Crippen molar-refractivity contribution in [2.45, 2.75) is 26.3 Å². The number of amides is 1. The smallest absolute Gasteiger partial charge is 0.411 e. The van der Waals surface area contributed by atoms with Crippen LogP contribution in [0.1, 0.15) is 30.9 Å². The maximum Gasteiger partial charge on any atom is 0.411 e. The minimum atomic E-state index is -0.469. The number of rotatable bonds is 3. The first-order chi connectivity index (χ1) is 7.56. The second kappa shape index (κ2) is 5.51. The Kier molecular flexibility index (Phi) is 4.31. The van der Waals surface area contributed by atoms with Gasteiger partial charge in [-0.15, -0.1) is 0 Å². The zero-order valence-corrected chi connectivity index (χ0v) is 9.91. The third-order valence-electron chi connectivity index (χ3n) is 2.35. The van der Waals surface area contributed by atoms with Crippen LogP contribution in [0, 0.1) is 0 Å². The maximum atomic E-state index is 11.1. The quantitative estimate of drug-likeness (QED) is 0.825. The molecule has 0 aliphatic rings. The third-order valence-corrected chi connectivity index (χ3v) is 2.35. The molecule has 0 fully saturated rings. The number of anilines is 1. The van der Waals surface area contributed by atoms with Crippen LogP contribution in [0.15, 0.2) is 18.2 Å². The predicted octanol–water partition coefficient (Wildman–Crippen LogP) is 2.45. The summed E-state index contributed by atoms with van der Waals surface area (Å²) >= 11 is 0. The van der Waals surface area contributed by atoms with E-state index in [1.54, 1.807) is 0 Å². The number of ether oxygens (including phenoxy) is 1. The van der Waals surface area contributed by atoms with E-state index < -0.39 is 6.09 Å². The van der Waals surface area contributed by atoms with Crippen molar-refractivity contribution in [2.75, 3.05) is 12.4 Å². The van der Waals surface area contributed by atoms with Crippen LogP contribution in [0.25, 0.3) is 0 Å². The molecular formula is C12H18N2O2. The summed E-state index contributed by atoms with van der Waals surface area (Å²) in [5.74, 6) is 0.393. The summed E-state index contributed by atoms with van der Waals surface area (Å²) in [5.41, 5.74) is 8.47. The molecule has 0 saturated carbocycles. The van der Waals surface area contributed by atoms with Crippen molar-refractivity contribution in [1.29, 1.82) is 0 Å². The molecule has 4 heteroatoms. The lowest BCUT2D eigenvalue weighted by molar-refractivity contribution is 0.187. The first-order valence-electron chi connectivity index (χ1n) is 5.25. The molecule has 1 aromatic rings. The van der Waals surface area contributed by atoms with Crippen LogP contribution in [0.5, 0.6) is 0 Å². The van der Waals surface area contributed by atoms with Crippen molar-refractivity contribution in [2.24, 2.45) is 5.73 Å². The number of hydrogen-bond acceptors (Lipinski definition) is 3. The van der Waals surface area contributed by atoms with Gasteiger partial charge in [0, 0.05) is 12.2 Å². The van der Waals surface area contributed by atoms with Crippen LogP contribution >= 0.6 is 0 Å². The van der Waals surface area contributed by atoms with Crippen LogP contribution in [-0.2, 0) is 11.3 Å². The Labute approximate surface area is 95.8 Å². The van der Waals surface area contributed by atoms with Gasteiger partial charge in [0.1, 0.15) is 0 Å². The van der Waals surface area contributed by atoms with Gasteiger partial charge in [0.2, 0.25) is 0 Å². The van der Waals surface area contributed by atoms with E-state index in [1.165, 1.54) is 7.11 Å². The fourth-order valence-electron chi connectivity index (χ4n) is 1.41. The lowest BCUT2D eigenvalue weighted by Gasteiger charge is -2.11. The lowest BCUT2D eigenvalue weighted by Crippen LogP contribution is -2.12. The summed E-state index contributed by atoms with van der Waals surface area (Å²) in [6.45, 7) is 4.64. The van der Waals surface area contributed by atoms with E-state index in [0.717, 1.165) is 16.8 Å². The Hall–Kier alpha value is -1.55. The number of nitrogens with one attached hydrogen (secondary N) is 1. The van der Waals surface area contributed by atoms with E-state index in [-0.39, 0.29) is 0 Å². The van der Waals surface area contributed by atoms with Crippen LogP contribution in [0.4, 0.5) is 10.5 Å². The van der Waals surface area contributed by atoms with E-state index in [0.29, 0.717) is 12.5 Å². The molecule has 1 aromatic carbocycles. The zero-order valence-electron chi connectivity index (χ0n) is 9.91. The van der Waals surface area contributed by atoms with E-state index in [2.05, 4.69) is 23.9 Å². The standard InChI is InChI=1S/C12H18N2O2/c1-8(2)10-4-9(7-13)5-11(6-10)14-12(15)16-3/h4-6,8H,7,13H2,1-3H3,(H,14,15). The Balaban J connectivity index is 2.99. The molecule has 16 heavy (non-hydrogen) atoms. The van der Waals surface area contributed by atoms with Gasteiger partial charge in [-0.3, -0.25) is 5.32 Å². The highest BCUT2D eigenvalue weighted by Crippen LogP contribution is 2.21. The highest BCUT2D eigenvalue weighted by Gasteiger charge is 2.06. The van der Waals surface area contributed by atoms with Gasteiger partial charge < -0.3 is 10.5 Å². The Morgan fingerprint density at radius 1 is 1.44 bits per heavy atom. The molecule has 88 valence electrons. The molecule has 0 unspecified atom stereocenters. The Morgan fingerprint density at radius 3 is 2.62 bits per heavy atom. The first kappa shape index (κ1) is 12.5. The number of carbonyl (C=O) groups excluding carboxylic acids is 1. The van der Waals surface area contributed by atoms with Gasteiger partial charge in [-0.25, -0.2) is 4.79 Å². The molecule has 1 amide bonds. The first-order valence-corrected chi connectivity index (χ1v) is 5.25. The lowest BCUT2D eigenvalue weighted by atomic mass is 10.00. The summed E-state index contributed by atoms with van der Waals surface area (Å²) in [6, 6.07) is 5.83.